The summed E-state index contributed by atoms with van der Waals surface area (Å²) >= 11 is 0. The van der Waals surface area contributed by atoms with E-state index >= 15 is 0 Å². The van der Waals surface area contributed by atoms with E-state index in [0.717, 1.165) is 32.8 Å². The molecule has 3 aliphatic rings. The third kappa shape index (κ3) is 6.57. The van der Waals surface area contributed by atoms with Crippen molar-refractivity contribution >= 4 is 36.6 Å². The highest BCUT2D eigenvalue weighted by molar-refractivity contribution is 5.89. The number of hydrogen-bond acceptors (Lipinski definition) is 5. The van der Waals surface area contributed by atoms with Gasteiger partial charge in [0.1, 0.15) is 0 Å². The molecule has 1 aliphatic carbocycles. The van der Waals surface area contributed by atoms with E-state index in [2.05, 4.69) is 10.2 Å². The summed E-state index contributed by atoms with van der Waals surface area (Å²) < 4.78 is 5.32. The Kier molecular flexibility index (Phi) is 9.45. The smallest absolute Gasteiger partial charge is 0.225 e. The number of nitrogens with two attached hydrogens (primary N) is 1. The second kappa shape index (κ2) is 10.5. The van der Waals surface area contributed by atoms with E-state index in [-0.39, 0.29) is 48.6 Å². The van der Waals surface area contributed by atoms with Gasteiger partial charge in [0.15, 0.2) is 0 Å². The van der Waals surface area contributed by atoms with Crippen molar-refractivity contribution in [3.8, 4) is 0 Å². The average molecular weight is 397 g/mol. The highest BCUT2D eigenvalue weighted by atomic mass is 35.5. The molecule has 0 radical (unpaired) electrons. The number of amides is 2. The van der Waals surface area contributed by atoms with Gasteiger partial charge in [0.25, 0.3) is 0 Å². The van der Waals surface area contributed by atoms with Crippen LogP contribution < -0.4 is 11.1 Å². The predicted molar refractivity (Wildman–Crippen MR) is 100 cm³/mol. The van der Waals surface area contributed by atoms with E-state index in [1.165, 1.54) is 12.8 Å². The van der Waals surface area contributed by atoms with Crippen molar-refractivity contribution in [1.29, 1.82) is 0 Å². The van der Waals surface area contributed by atoms with Crippen LogP contribution in [0.15, 0.2) is 0 Å². The van der Waals surface area contributed by atoms with Crippen molar-refractivity contribution in [1.82, 2.24) is 15.1 Å². The number of halogens is 2. The van der Waals surface area contributed by atoms with Gasteiger partial charge in [-0.3, -0.25) is 14.5 Å². The monoisotopic (exact) mass is 396 g/mol. The van der Waals surface area contributed by atoms with Gasteiger partial charge < -0.3 is 20.7 Å². The highest BCUT2D eigenvalue weighted by Gasteiger charge is 2.35. The number of nitrogens with one attached hydrogen (secondary N) is 1. The molecule has 3 fully saturated rings. The second-order valence-electron chi connectivity index (χ2n) is 6.94. The van der Waals surface area contributed by atoms with Gasteiger partial charge in [-0.05, 0) is 18.8 Å². The van der Waals surface area contributed by atoms with Crippen LogP contribution in [0.3, 0.4) is 0 Å². The molecule has 2 atom stereocenters. The first-order valence-electron chi connectivity index (χ1n) is 8.74. The van der Waals surface area contributed by atoms with E-state index in [9.17, 15) is 9.59 Å². The number of rotatable bonds is 7. The number of likely N-dealkylation sites (tertiary alicyclic amines) is 1. The third-order valence-electron chi connectivity index (χ3n) is 5.11. The van der Waals surface area contributed by atoms with Gasteiger partial charge in [-0.25, -0.2) is 0 Å². The lowest BCUT2D eigenvalue weighted by atomic mass is 10.1. The summed E-state index contributed by atoms with van der Waals surface area (Å²) in [7, 11) is 0. The fraction of sp³-hybridized carbons (Fsp3) is 0.875. The van der Waals surface area contributed by atoms with Gasteiger partial charge in [0.2, 0.25) is 11.8 Å². The number of carbonyl (C=O) groups is 2. The van der Waals surface area contributed by atoms with E-state index in [1.54, 1.807) is 0 Å². The molecule has 3 rings (SSSR count). The molecule has 0 spiro atoms. The summed E-state index contributed by atoms with van der Waals surface area (Å²) in [5.74, 6) is 0.414. The normalized spacial score (nSPS) is 25.1. The third-order valence-corrected chi connectivity index (χ3v) is 5.11. The summed E-state index contributed by atoms with van der Waals surface area (Å²) in [6, 6.07) is 0.0634. The summed E-state index contributed by atoms with van der Waals surface area (Å²) in [5.41, 5.74) is 6.00. The minimum atomic E-state index is -0.224. The second-order valence-corrected chi connectivity index (χ2v) is 6.94. The molecule has 2 heterocycles. The van der Waals surface area contributed by atoms with Gasteiger partial charge in [-0.1, -0.05) is 0 Å². The van der Waals surface area contributed by atoms with Crippen LogP contribution in [0.25, 0.3) is 0 Å². The minimum Gasteiger partial charge on any atom is -0.379 e. The lowest BCUT2D eigenvalue weighted by molar-refractivity contribution is -0.129. The molecule has 7 nitrogen and oxygen atoms in total. The standard InChI is InChI=1S/C16H28N4O3.2ClH/c17-14(12-1-2-12)10-18-16(22)13-9-15(21)20(11-13)4-3-19-5-7-23-8-6-19;;/h12-14H,1-11,17H2,(H,18,22);2*1H. The fourth-order valence-corrected chi connectivity index (χ4v) is 3.30. The Morgan fingerprint density at radius 2 is 1.92 bits per heavy atom. The van der Waals surface area contributed by atoms with Crippen LogP contribution in [0.5, 0.6) is 0 Å². The lowest BCUT2D eigenvalue weighted by Crippen LogP contribution is -2.43. The van der Waals surface area contributed by atoms with E-state index in [0.29, 0.717) is 32.0 Å². The molecular formula is C16H30Cl2N4O3. The fourth-order valence-electron chi connectivity index (χ4n) is 3.30. The van der Waals surface area contributed by atoms with Crippen molar-refractivity contribution in [2.24, 2.45) is 17.6 Å². The van der Waals surface area contributed by atoms with Gasteiger partial charge in [-0.2, -0.15) is 0 Å². The first kappa shape index (κ1) is 22.4. The summed E-state index contributed by atoms with van der Waals surface area (Å²) in [5, 5.41) is 2.92. The molecule has 0 aromatic heterocycles. The van der Waals surface area contributed by atoms with E-state index in [4.69, 9.17) is 10.5 Å². The maximum Gasteiger partial charge on any atom is 0.225 e. The lowest BCUT2D eigenvalue weighted by Gasteiger charge is -2.28. The first-order chi connectivity index (χ1) is 11.1. The van der Waals surface area contributed by atoms with Crippen LogP contribution in [0, 0.1) is 11.8 Å². The van der Waals surface area contributed by atoms with Crippen LogP contribution >= 0.6 is 24.8 Å². The van der Waals surface area contributed by atoms with Crippen LogP contribution in [0.4, 0.5) is 0 Å². The molecule has 9 heteroatoms. The quantitative estimate of drug-likeness (QED) is 0.625. The predicted octanol–water partition coefficient (Wildman–Crippen LogP) is -0.136. The molecular weight excluding hydrogens is 367 g/mol. The zero-order chi connectivity index (χ0) is 16.2. The Balaban J connectivity index is 0.00000156. The SMILES string of the molecule is Cl.Cl.NC(CNC(=O)C1CC(=O)N(CCN2CCOCC2)C1)C1CC1. The van der Waals surface area contributed by atoms with E-state index < -0.39 is 0 Å². The zero-order valence-corrected chi connectivity index (χ0v) is 16.2. The number of nitrogens with zero attached hydrogens (tertiary/aromatic N) is 2. The molecule has 2 unspecified atom stereocenters. The van der Waals surface area contributed by atoms with Gasteiger partial charge in [0.05, 0.1) is 19.1 Å². The molecule has 25 heavy (non-hydrogen) atoms. The molecule has 2 saturated heterocycles. The largest absolute Gasteiger partial charge is 0.379 e. The Morgan fingerprint density at radius 3 is 2.56 bits per heavy atom. The van der Waals surface area contributed by atoms with Crippen molar-refractivity contribution < 1.29 is 14.3 Å². The highest BCUT2D eigenvalue weighted by Crippen LogP contribution is 2.31. The van der Waals surface area contributed by atoms with E-state index in [1.807, 2.05) is 4.90 Å². The van der Waals surface area contributed by atoms with Crippen LogP contribution in [0.2, 0.25) is 0 Å². The van der Waals surface area contributed by atoms with Gasteiger partial charge in [0, 0.05) is 51.7 Å². The average Bonchev–Trinajstić information content (AvgIpc) is 3.35. The molecule has 0 aromatic rings. The van der Waals surface area contributed by atoms with Crippen LogP contribution in [0.1, 0.15) is 19.3 Å². The molecule has 2 amide bonds. The Hall–Kier alpha value is -0.600. The maximum absolute atomic E-state index is 12.2. The van der Waals surface area contributed by atoms with Gasteiger partial charge >= 0.3 is 0 Å². The summed E-state index contributed by atoms with van der Waals surface area (Å²) in [4.78, 5) is 28.4. The summed E-state index contributed by atoms with van der Waals surface area (Å²) in [6.07, 6.45) is 2.68. The molecule has 2 aliphatic heterocycles. The van der Waals surface area contributed by atoms with Crippen molar-refractivity contribution in [2.75, 3.05) is 52.5 Å². The Morgan fingerprint density at radius 1 is 1.24 bits per heavy atom. The maximum atomic E-state index is 12.2. The van der Waals surface area contributed by atoms with Crippen LogP contribution in [-0.2, 0) is 14.3 Å². The van der Waals surface area contributed by atoms with Crippen LogP contribution in [-0.4, -0.2) is 80.1 Å². The zero-order valence-electron chi connectivity index (χ0n) is 14.5. The Bertz CT molecular complexity index is 445. The molecule has 3 N–H and O–H groups in total. The minimum absolute atomic E-state index is 0. The summed E-state index contributed by atoms with van der Waals surface area (Å²) in [6.45, 7) is 5.99. The number of carbonyl (C=O) groups excluding carboxylic acids is 2. The number of ether oxygens (including phenoxy) is 1. The molecule has 0 aromatic carbocycles. The van der Waals surface area contributed by atoms with Crippen molar-refractivity contribution in [3.05, 3.63) is 0 Å². The number of morpholine rings is 1. The number of hydrogen-bond donors (Lipinski definition) is 2. The first-order valence-corrected chi connectivity index (χ1v) is 8.74. The molecule has 146 valence electrons. The Labute approximate surface area is 161 Å². The van der Waals surface area contributed by atoms with Gasteiger partial charge in [-0.15, -0.1) is 24.8 Å². The van der Waals surface area contributed by atoms with Crippen molar-refractivity contribution in [2.45, 2.75) is 25.3 Å². The van der Waals surface area contributed by atoms with Crippen molar-refractivity contribution in [3.63, 3.8) is 0 Å². The topological polar surface area (TPSA) is 87.9 Å². The molecule has 0 bridgehead atoms. The molecule has 1 saturated carbocycles.